The number of nitrogens with zero attached hydrogens (tertiary/aromatic N) is 3. The number of carbonyl (C=O) groups is 1. The predicted molar refractivity (Wildman–Crippen MR) is 102 cm³/mol. The Kier molecular flexibility index (Phi) is 5.99. The third-order valence-electron chi connectivity index (χ3n) is 4.88. The predicted octanol–water partition coefficient (Wildman–Crippen LogP) is 3.66. The minimum atomic E-state index is 0.0780. The van der Waals surface area contributed by atoms with Gasteiger partial charge in [0, 0.05) is 31.0 Å². The summed E-state index contributed by atoms with van der Waals surface area (Å²) >= 11 is 0. The van der Waals surface area contributed by atoms with Crippen LogP contribution < -0.4 is 0 Å². The van der Waals surface area contributed by atoms with Crippen LogP contribution in [0.4, 0.5) is 0 Å². The Morgan fingerprint density at radius 3 is 3.00 bits per heavy atom. The molecule has 3 rings (SSSR count). The van der Waals surface area contributed by atoms with Gasteiger partial charge >= 0.3 is 0 Å². The third kappa shape index (κ3) is 3.93. The monoisotopic (exact) mass is 353 g/mol. The number of methoxy groups -OCH3 is 1. The van der Waals surface area contributed by atoms with Crippen molar-refractivity contribution in [2.24, 2.45) is 0 Å². The van der Waals surface area contributed by atoms with Crippen molar-refractivity contribution < 1.29 is 9.53 Å². The van der Waals surface area contributed by atoms with Crippen LogP contribution in [0.3, 0.4) is 0 Å². The number of hydrogen-bond acceptors (Lipinski definition) is 4. The molecular formula is C21H27N3O2. The average molecular weight is 353 g/mol. The Labute approximate surface area is 155 Å². The van der Waals surface area contributed by atoms with E-state index in [4.69, 9.17) is 4.74 Å². The van der Waals surface area contributed by atoms with Crippen molar-refractivity contribution in [1.82, 2.24) is 14.9 Å². The molecule has 1 fully saturated rings. The SMILES string of the molecule is CCCc1cnc(C)nc1-c1cccc(C(=O)N2CCC[C@H]2COC)c1. The topological polar surface area (TPSA) is 55.3 Å². The molecule has 5 nitrogen and oxygen atoms in total. The number of ether oxygens (including phenoxy) is 1. The molecule has 5 heteroatoms. The van der Waals surface area contributed by atoms with E-state index in [1.807, 2.05) is 42.3 Å². The third-order valence-corrected chi connectivity index (χ3v) is 4.88. The number of benzene rings is 1. The lowest BCUT2D eigenvalue weighted by Crippen LogP contribution is -2.38. The molecule has 1 atom stereocenters. The molecule has 138 valence electrons. The Hall–Kier alpha value is -2.27. The quantitative estimate of drug-likeness (QED) is 0.795. The largest absolute Gasteiger partial charge is 0.383 e. The number of aromatic nitrogens is 2. The van der Waals surface area contributed by atoms with Crippen LogP contribution in [-0.2, 0) is 11.2 Å². The summed E-state index contributed by atoms with van der Waals surface area (Å²) < 4.78 is 5.28. The molecule has 0 saturated carbocycles. The normalized spacial score (nSPS) is 16.9. The first-order valence-electron chi connectivity index (χ1n) is 9.37. The second kappa shape index (κ2) is 8.41. The maximum atomic E-state index is 13.0. The van der Waals surface area contributed by atoms with Gasteiger partial charge in [-0.2, -0.15) is 0 Å². The summed E-state index contributed by atoms with van der Waals surface area (Å²) in [5.41, 5.74) is 3.75. The number of aryl methyl sites for hydroxylation is 2. The number of carbonyl (C=O) groups excluding carboxylic acids is 1. The van der Waals surface area contributed by atoms with Crippen LogP contribution >= 0.6 is 0 Å². The first-order valence-corrected chi connectivity index (χ1v) is 9.37. The number of amides is 1. The van der Waals surface area contributed by atoms with Gasteiger partial charge in [0.15, 0.2) is 0 Å². The molecule has 1 amide bonds. The molecule has 0 bridgehead atoms. The molecule has 1 saturated heterocycles. The zero-order chi connectivity index (χ0) is 18.5. The minimum Gasteiger partial charge on any atom is -0.383 e. The van der Waals surface area contributed by atoms with Crippen molar-refractivity contribution in [3.05, 3.63) is 47.4 Å². The van der Waals surface area contributed by atoms with Gasteiger partial charge in [-0.15, -0.1) is 0 Å². The zero-order valence-corrected chi connectivity index (χ0v) is 15.9. The van der Waals surface area contributed by atoms with E-state index in [0.29, 0.717) is 12.2 Å². The van der Waals surface area contributed by atoms with Crippen LogP contribution in [0.15, 0.2) is 30.5 Å². The molecule has 2 heterocycles. The lowest BCUT2D eigenvalue weighted by molar-refractivity contribution is 0.0630. The summed E-state index contributed by atoms with van der Waals surface area (Å²) in [7, 11) is 1.69. The van der Waals surface area contributed by atoms with Gasteiger partial charge in [0.05, 0.1) is 18.3 Å². The molecule has 1 aliphatic heterocycles. The summed E-state index contributed by atoms with van der Waals surface area (Å²) in [5.74, 6) is 0.825. The molecule has 26 heavy (non-hydrogen) atoms. The van der Waals surface area contributed by atoms with Crippen LogP contribution in [0.5, 0.6) is 0 Å². The lowest BCUT2D eigenvalue weighted by Gasteiger charge is -2.24. The van der Waals surface area contributed by atoms with Crippen molar-refractivity contribution in [3.63, 3.8) is 0 Å². The van der Waals surface area contributed by atoms with Gasteiger partial charge in [0.1, 0.15) is 5.82 Å². The number of rotatable bonds is 6. The Bertz CT molecular complexity index is 776. The second-order valence-electron chi connectivity index (χ2n) is 6.87. The Morgan fingerprint density at radius 1 is 1.38 bits per heavy atom. The maximum Gasteiger partial charge on any atom is 0.254 e. The van der Waals surface area contributed by atoms with Gasteiger partial charge in [0.2, 0.25) is 0 Å². The van der Waals surface area contributed by atoms with Crippen LogP contribution in [0.2, 0.25) is 0 Å². The van der Waals surface area contributed by atoms with Crippen molar-refractivity contribution >= 4 is 5.91 Å². The van der Waals surface area contributed by atoms with E-state index >= 15 is 0 Å². The second-order valence-corrected chi connectivity index (χ2v) is 6.87. The van der Waals surface area contributed by atoms with Gasteiger partial charge in [-0.3, -0.25) is 4.79 Å². The van der Waals surface area contributed by atoms with E-state index in [-0.39, 0.29) is 11.9 Å². The summed E-state index contributed by atoms with van der Waals surface area (Å²) in [6.45, 7) is 5.43. The van der Waals surface area contributed by atoms with Crippen molar-refractivity contribution in [1.29, 1.82) is 0 Å². The molecular weight excluding hydrogens is 326 g/mol. The van der Waals surface area contributed by atoms with Crippen molar-refractivity contribution in [3.8, 4) is 11.3 Å². The molecule has 1 aromatic carbocycles. The van der Waals surface area contributed by atoms with Crippen LogP contribution in [0.1, 0.15) is 47.9 Å². The van der Waals surface area contributed by atoms with Gasteiger partial charge in [0.25, 0.3) is 5.91 Å². The standard InChI is InChI=1S/C21H27N3O2/c1-4-7-18-13-22-15(2)23-20(18)16-8-5-9-17(12-16)21(25)24-11-6-10-19(24)14-26-3/h5,8-9,12-13,19H,4,6-7,10-11,14H2,1-3H3/t19-/m0/s1. The van der Waals surface area contributed by atoms with Crippen LogP contribution in [0.25, 0.3) is 11.3 Å². The van der Waals surface area contributed by atoms with E-state index in [1.54, 1.807) is 7.11 Å². The highest BCUT2D eigenvalue weighted by Gasteiger charge is 2.29. The van der Waals surface area contributed by atoms with E-state index in [1.165, 1.54) is 0 Å². The minimum absolute atomic E-state index is 0.0780. The molecule has 1 aliphatic rings. The molecule has 0 N–H and O–H groups in total. The van der Waals surface area contributed by atoms with Gasteiger partial charge in [-0.05, 0) is 43.9 Å². The van der Waals surface area contributed by atoms with E-state index in [0.717, 1.165) is 54.9 Å². The van der Waals surface area contributed by atoms with Crippen molar-refractivity contribution in [2.45, 2.75) is 45.6 Å². The molecule has 0 unspecified atom stereocenters. The maximum absolute atomic E-state index is 13.0. The van der Waals surface area contributed by atoms with E-state index in [9.17, 15) is 4.79 Å². The zero-order valence-electron chi connectivity index (χ0n) is 15.9. The van der Waals surface area contributed by atoms with Crippen molar-refractivity contribution in [2.75, 3.05) is 20.3 Å². The summed E-state index contributed by atoms with van der Waals surface area (Å²) in [4.78, 5) is 24.0. The highest BCUT2D eigenvalue weighted by molar-refractivity contribution is 5.95. The van der Waals surface area contributed by atoms with E-state index in [2.05, 4.69) is 16.9 Å². The fourth-order valence-corrected chi connectivity index (χ4v) is 3.63. The van der Waals surface area contributed by atoms with Gasteiger partial charge < -0.3 is 9.64 Å². The molecule has 0 aliphatic carbocycles. The van der Waals surface area contributed by atoms with Crippen LogP contribution in [0, 0.1) is 6.92 Å². The van der Waals surface area contributed by atoms with E-state index < -0.39 is 0 Å². The fraction of sp³-hybridized carbons (Fsp3) is 0.476. The Morgan fingerprint density at radius 2 is 2.23 bits per heavy atom. The first-order chi connectivity index (χ1) is 12.6. The molecule has 1 aromatic heterocycles. The number of likely N-dealkylation sites (tertiary alicyclic amines) is 1. The summed E-state index contributed by atoms with van der Waals surface area (Å²) in [6.07, 6.45) is 5.90. The summed E-state index contributed by atoms with van der Waals surface area (Å²) in [6, 6.07) is 7.99. The lowest BCUT2D eigenvalue weighted by atomic mass is 10.0. The average Bonchev–Trinajstić information content (AvgIpc) is 3.11. The number of hydrogen-bond donors (Lipinski definition) is 0. The van der Waals surface area contributed by atoms with Crippen LogP contribution in [-0.4, -0.2) is 47.1 Å². The molecule has 0 spiro atoms. The smallest absolute Gasteiger partial charge is 0.254 e. The highest BCUT2D eigenvalue weighted by atomic mass is 16.5. The van der Waals surface area contributed by atoms with Gasteiger partial charge in [-0.1, -0.05) is 25.5 Å². The summed E-state index contributed by atoms with van der Waals surface area (Å²) in [5, 5.41) is 0. The molecule has 0 radical (unpaired) electrons. The fourth-order valence-electron chi connectivity index (χ4n) is 3.63. The highest BCUT2D eigenvalue weighted by Crippen LogP contribution is 2.26. The molecule has 2 aromatic rings. The Balaban J connectivity index is 1.92. The first kappa shape index (κ1) is 18.5. The van der Waals surface area contributed by atoms with Gasteiger partial charge in [-0.25, -0.2) is 9.97 Å².